The molecule has 1 atom stereocenters. The largest absolute Gasteiger partial charge is 0.508 e. The Morgan fingerprint density at radius 2 is 2.00 bits per heavy atom. The minimum Gasteiger partial charge on any atom is -0.508 e. The highest BCUT2D eigenvalue weighted by molar-refractivity contribution is 5.93. The number of amides is 2. The SMILES string of the molecule is Cn1cc(-c2nc3ccccn3c2NC(=O)N[C@H](CO)Cc2ccc(O)cc2)cn1. The zero-order valence-electron chi connectivity index (χ0n) is 16.4. The van der Waals surface area contributed by atoms with Crippen molar-refractivity contribution in [3.8, 4) is 17.0 Å². The minimum atomic E-state index is -0.490. The number of pyridine rings is 1. The van der Waals surface area contributed by atoms with Crippen molar-refractivity contribution in [2.24, 2.45) is 7.05 Å². The summed E-state index contributed by atoms with van der Waals surface area (Å²) >= 11 is 0. The first-order valence-electron chi connectivity index (χ1n) is 9.46. The molecule has 0 unspecified atom stereocenters. The summed E-state index contributed by atoms with van der Waals surface area (Å²) < 4.78 is 3.46. The number of phenols is 1. The minimum absolute atomic E-state index is 0.167. The third-order valence-electron chi connectivity index (χ3n) is 4.71. The van der Waals surface area contributed by atoms with Crippen LogP contribution in [0.4, 0.5) is 10.6 Å². The first-order chi connectivity index (χ1) is 14.5. The van der Waals surface area contributed by atoms with E-state index in [9.17, 15) is 15.0 Å². The van der Waals surface area contributed by atoms with Gasteiger partial charge in [-0.15, -0.1) is 0 Å². The van der Waals surface area contributed by atoms with Gasteiger partial charge in [0.05, 0.1) is 18.8 Å². The molecule has 0 radical (unpaired) electrons. The lowest BCUT2D eigenvalue weighted by Gasteiger charge is -2.17. The maximum Gasteiger partial charge on any atom is 0.320 e. The standard InChI is InChI=1S/C21H22N6O3/c1-26-12-15(11-22-26)19-20(27-9-3-2-4-18(27)24-19)25-21(30)23-16(13-28)10-14-5-7-17(29)8-6-14/h2-9,11-12,16,28-29H,10,13H2,1H3,(H2,23,25,30)/t16-/m0/s1. The normalized spacial score (nSPS) is 12.1. The maximum absolute atomic E-state index is 12.7. The van der Waals surface area contributed by atoms with E-state index in [2.05, 4.69) is 20.7 Å². The number of fused-ring (bicyclic) bond motifs is 1. The Kier molecular flexibility index (Phi) is 5.36. The van der Waals surface area contributed by atoms with Crippen LogP contribution in [0, 0.1) is 0 Å². The van der Waals surface area contributed by atoms with Crippen molar-refractivity contribution in [2.75, 3.05) is 11.9 Å². The van der Waals surface area contributed by atoms with Crippen molar-refractivity contribution in [1.82, 2.24) is 24.5 Å². The van der Waals surface area contributed by atoms with Gasteiger partial charge in [-0.25, -0.2) is 9.78 Å². The third kappa shape index (κ3) is 4.11. The summed E-state index contributed by atoms with van der Waals surface area (Å²) in [6.45, 7) is -0.225. The van der Waals surface area contributed by atoms with Gasteiger partial charge in [-0.1, -0.05) is 18.2 Å². The second-order valence-electron chi connectivity index (χ2n) is 6.99. The predicted molar refractivity (Wildman–Crippen MR) is 112 cm³/mol. The number of aliphatic hydroxyl groups is 1. The van der Waals surface area contributed by atoms with Crippen LogP contribution in [0.2, 0.25) is 0 Å². The highest BCUT2D eigenvalue weighted by Gasteiger charge is 2.19. The molecule has 154 valence electrons. The molecule has 9 heteroatoms. The monoisotopic (exact) mass is 406 g/mol. The molecule has 4 aromatic rings. The highest BCUT2D eigenvalue weighted by Crippen LogP contribution is 2.28. The number of aliphatic hydroxyl groups excluding tert-OH is 1. The van der Waals surface area contributed by atoms with E-state index in [1.165, 1.54) is 0 Å². The number of rotatable bonds is 6. The van der Waals surface area contributed by atoms with E-state index in [0.717, 1.165) is 11.1 Å². The number of phenolic OH excluding ortho intramolecular Hbond substituents is 1. The summed E-state index contributed by atoms with van der Waals surface area (Å²) in [5.74, 6) is 0.679. The van der Waals surface area contributed by atoms with E-state index < -0.39 is 12.1 Å². The molecule has 0 fully saturated rings. The summed E-state index contributed by atoms with van der Waals surface area (Å²) in [6.07, 6.45) is 5.75. The predicted octanol–water partition coefficient (Wildman–Crippen LogP) is 2.17. The molecule has 9 nitrogen and oxygen atoms in total. The van der Waals surface area contributed by atoms with E-state index in [4.69, 9.17) is 0 Å². The number of aryl methyl sites for hydroxylation is 1. The summed E-state index contributed by atoms with van der Waals surface area (Å²) in [5.41, 5.74) is 2.95. The molecule has 0 saturated heterocycles. The lowest BCUT2D eigenvalue weighted by atomic mass is 10.1. The highest BCUT2D eigenvalue weighted by atomic mass is 16.3. The lowest BCUT2D eigenvalue weighted by molar-refractivity contribution is 0.224. The fourth-order valence-electron chi connectivity index (χ4n) is 3.27. The van der Waals surface area contributed by atoms with Crippen LogP contribution >= 0.6 is 0 Å². The molecule has 3 heterocycles. The summed E-state index contributed by atoms with van der Waals surface area (Å²) in [6, 6.07) is 11.3. The molecule has 0 aliphatic heterocycles. The first-order valence-corrected chi connectivity index (χ1v) is 9.46. The first kappa shape index (κ1) is 19.5. The molecule has 4 rings (SSSR count). The van der Waals surface area contributed by atoms with Gasteiger partial charge >= 0.3 is 6.03 Å². The van der Waals surface area contributed by atoms with E-state index in [-0.39, 0.29) is 12.4 Å². The molecule has 0 spiro atoms. The van der Waals surface area contributed by atoms with Gasteiger partial charge in [-0.3, -0.25) is 14.4 Å². The van der Waals surface area contributed by atoms with Crippen LogP contribution < -0.4 is 10.6 Å². The Labute approximate surface area is 172 Å². The number of benzene rings is 1. The molecular formula is C21H22N6O3. The molecule has 0 bridgehead atoms. The van der Waals surface area contributed by atoms with Crippen molar-refractivity contribution in [3.05, 3.63) is 66.6 Å². The second-order valence-corrected chi connectivity index (χ2v) is 6.99. The lowest BCUT2D eigenvalue weighted by Crippen LogP contribution is -2.41. The van der Waals surface area contributed by atoms with Crippen molar-refractivity contribution in [1.29, 1.82) is 0 Å². The van der Waals surface area contributed by atoms with Crippen molar-refractivity contribution >= 4 is 17.5 Å². The Morgan fingerprint density at radius 1 is 1.20 bits per heavy atom. The fourth-order valence-corrected chi connectivity index (χ4v) is 3.27. The molecule has 2 amide bonds. The van der Waals surface area contributed by atoms with Crippen LogP contribution in [0.25, 0.3) is 16.9 Å². The van der Waals surface area contributed by atoms with Crippen molar-refractivity contribution < 1.29 is 15.0 Å². The Bertz CT molecular complexity index is 1170. The van der Waals surface area contributed by atoms with Gasteiger partial charge in [0, 0.05) is 25.0 Å². The molecule has 3 aromatic heterocycles. The number of imidazole rings is 1. The van der Waals surface area contributed by atoms with E-state index >= 15 is 0 Å². The number of hydrogen-bond acceptors (Lipinski definition) is 5. The van der Waals surface area contributed by atoms with Gasteiger partial charge in [0.25, 0.3) is 0 Å². The average molecular weight is 406 g/mol. The molecule has 4 N–H and O–H groups in total. The smallest absolute Gasteiger partial charge is 0.320 e. The number of carbonyl (C=O) groups excluding carboxylic acids is 1. The topological polar surface area (TPSA) is 117 Å². The Hall–Kier alpha value is -3.85. The Morgan fingerprint density at radius 3 is 2.70 bits per heavy atom. The maximum atomic E-state index is 12.7. The number of aromatic hydroxyl groups is 1. The number of nitrogens with zero attached hydrogens (tertiary/aromatic N) is 4. The number of aromatic nitrogens is 4. The molecule has 0 aliphatic rings. The van der Waals surface area contributed by atoms with Crippen LogP contribution in [0.1, 0.15) is 5.56 Å². The quantitative estimate of drug-likeness (QED) is 0.392. The van der Waals surface area contributed by atoms with Gasteiger partial charge in [0.2, 0.25) is 0 Å². The van der Waals surface area contributed by atoms with Gasteiger partial charge in [0.15, 0.2) is 0 Å². The molecule has 30 heavy (non-hydrogen) atoms. The molecular weight excluding hydrogens is 384 g/mol. The summed E-state index contributed by atoms with van der Waals surface area (Å²) in [7, 11) is 1.81. The number of urea groups is 1. The van der Waals surface area contributed by atoms with Crippen molar-refractivity contribution in [2.45, 2.75) is 12.5 Å². The zero-order chi connectivity index (χ0) is 21.1. The van der Waals surface area contributed by atoms with E-state index in [1.807, 2.05) is 37.6 Å². The average Bonchev–Trinajstić information content (AvgIpc) is 3.33. The van der Waals surface area contributed by atoms with Gasteiger partial charge in [-0.05, 0) is 36.2 Å². The fraction of sp³-hybridized carbons (Fsp3) is 0.190. The number of carbonyl (C=O) groups is 1. The van der Waals surface area contributed by atoms with Crippen LogP contribution in [-0.4, -0.2) is 48.1 Å². The number of nitrogens with one attached hydrogen (secondary N) is 2. The van der Waals surface area contributed by atoms with Crippen molar-refractivity contribution in [3.63, 3.8) is 0 Å². The molecule has 0 aliphatic carbocycles. The van der Waals surface area contributed by atoms with Crippen LogP contribution in [-0.2, 0) is 13.5 Å². The van der Waals surface area contributed by atoms with Gasteiger partial charge < -0.3 is 15.5 Å². The zero-order valence-corrected chi connectivity index (χ0v) is 16.4. The third-order valence-corrected chi connectivity index (χ3v) is 4.71. The summed E-state index contributed by atoms with van der Waals surface area (Å²) in [5, 5.41) is 28.9. The van der Waals surface area contributed by atoms with Crippen LogP contribution in [0.3, 0.4) is 0 Å². The Balaban J connectivity index is 1.55. The van der Waals surface area contributed by atoms with E-state index in [0.29, 0.717) is 23.6 Å². The van der Waals surface area contributed by atoms with Crippen LogP contribution in [0.5, 0.6) is 5.75 Å². The second kappa shape index (κ2) is 8.26. The summed E-state index contributed by atoms with van der Waals surface area (Å²) in [4.78, 5) is 17.3. The molecule has 1 aromatic carbocycles. The van der Waals surface area contributed by atoms with Gasteiger partial charge in [-0.2, -0.15) is 5.10 Å². The van der Waals surface area contributed by atoms with E-state index in [1.54, 1.807) is 39.5 Å². The number of anilines is 1. The molecule has 0 saturated carbocycles. The van der Waals surface area contributed by atoms with Gasteiger partial charge in [0.1, 0.15) is 22.9 Å². The number of hydrogen-bond donors (Lipinski definition) is 4. The van der Waals surface area contributed by atoms with Crippen LogP contribution in [0.15, 0.2) is 61.1 Å².